The molecule has 0 amide bonds. The Hall–Kier alpha value is -5.09. The molecule has 0 atom stereocenters. The van der Waals surface area contributed by atoms with Gasteiger partial charge in [-0.3, -0.25) is 9.55 Å². The Morgan fingerprint density at radius 2 is 1.24 bits per heavy atom. The van der Waals surface area contributed by atoms with E-state index in [1.807, 2.05) is 42.6 Å². The van der Waals surface area contributed by atoms with E-state index in [1.165, 1.54) is 22.1 Å². The van der Waals surface area contributed by atoms with Gasteiger partial charge < -0.3 is 0 Å². The van der Waals surface area contributed by atoms with E-state index in [0.717, 1.165) is 44.5 Å². The first-order valence-corrected chi connectivity index (χ1v) is 12.4. The number of hydrogen-bond donors (Lipinski definition) is 0. The molecule has 0 bridgehead atoms. The molecule has 8 rings (SSSR count). The van der Waals surface area contributed by atoms with Gasteiger partial charge in [-0.25, -0.2) is 9.97 Å². The second kappa shape index (κ2) is 7.70. The maximum atomic E-state index is 5.14. The Balaban J connectivity index is 1.48. The number of hydrogen-bond acceptors (Lipinski definition) is 3. The summed E-state index contributed by atoms with van der Waals surface area (Å²) < 4.78 is 2.12. The van der Waals surface area contributed by atoms with Gasteiger partial charge in [0, 0.05) is 39.9 Å². The molecule has 37 heavy (non-hydrogen) atoms. The number of para-hydroxylation sites is 1. The molecular formula is C33H20N4. The van der Waals surface area contributed by atoms with Crippen LogP contribution in [0.4, 0.5) is 0 Å². The minimum absolute atomic E-state index is 0.650. The molecule has 0 aliphatic heterocycles. The standard InChI is InChI=1S/C33H20N4/c1-2-10-21(11-3-1)31-26-14-6-7-17-28(26)35-33(36-31)37-20-27-30-24(15-8-18-29(30)37)22-12-4-5-13-23(22)25-16-9-19-34-32(25)27/h1-20H. The van der Waals surface area contributed by atoms with Crippen LogP contribution in [0.1, 0.15) is 0 Å². The van der Waals surface area contributed by atoms with Gasteiger partial charge in [0.05, 0.1) is 22.4 Å². The molecule has 7 aromatic rings. The number of rotatable bonds is 2. The van der Waals surface area contributed by atoms with Crippen molar-refractivity contribution in [2.45, 2.75) is 0 Å². The van der Waals surface area contributed by atoms with Gasteiger partial charge in [-0.1, -0.05) is 91.0 Å². The minimum Gasteiger partial charge on any atom is -0.285 e. The highest BCUT2D eigenvalue weighted by molar-refractivity contribution is 6.12. The summed E-state index contributed by atoms with van der Waals surface area (Å²) in [5.74, 6) is 0.650. The van der Waals surface area contributed by atoms with E-state index in [-0.39, 0.29) is 0 Å². The zero-order chi connectivity index (χ0) is 24.3. The molecule has 0 fully saturated rings. The fourth-order valence-corrected chi connectivity index (χ4v) is 5.63. The van der Waals surface area contributed by atoms with Crippen molar-refractivity contribution in [2.75, 3.05) is 0 Å². The monoisotopic (exact) mass is 472 g/mol. The molecule has 0 saturated carbocycles. The first-order valence-electron chi connectivity index (χ1n) is 12.4. The molecule has 4 heteroatoms. The maximum Gasteiger partial charge on any atom is 0.235 e. The van der Waals surface area contributed by atoms with Crippen molar-refractivity contribution in [2.24, 2.45) is 0 Å². The summed E-state index contributed by atoms with van der Waals surface area (Å²) in [6, 6.07) is 37.8. The Morgan fingerprint density at radius 1 is 0.514 bits per heavy atom. The lowest BCUT2D eigenvalue weighted by Crippen LogP contribution is -2.02. The molecule has 0 N–H and O–H groups in total. The molecular weight excluding hydrogens is 452 g/mol. The lowest BCUT2D eigenvalue weighted by atomic mass is 9.95. The molecule has 172 valence electrons. The summed E-state index contributed by atoms with van der Waals surface area (Å²) in [5, 5.41) is 2.21. The van der Waals surface area contributed by atoms with E-state index in [4.69, 9.17) is 15.0 Å². The summed E-state index contributed by atoms with van der Waals surface area (Å²) in [7, 11) is 0. The summed E-state index contributed by atoms with van der Waals surface area (Å²) >= 11 is 0. The highest BCUT2D eigenvalue weighted by atomic mass is 15.2. The largest absolute Gasteiger partial charge is 0.285 e. The van der Waals surface area contributed by atoms with Crippen molar-refractivity contribution in [1.82, 2.24) is 19.5 Å². The van der Waals surface area contributed by atoms with E-state index < -0.39 is 0 Å². The summed E-state index contributed by atoms with van der Waals surface area (Å²) in [6.45, 7) is 0. The third-order valence-electron chi connectivity index (χ3n) is 7.25. The van der Waals surface area contributed by atoms with Gasteiger partial charge >= 0.3 is 0 Å². The lowest BCUT2D eigenvalue weighted by Gasteiger charge is -2.12. The molecule has 1 aliphatic carbocycles. The van der Waals surface area contributed by atoms with Crippen molar-refractivity contribution in [3.05, 3.63) is 122 Å². The Bertz CT molecular complexity index is 1990. The molecule has 4 aromatic carbocycles. The van der Waals surface area contributed by atoms with Crippen molar-refractivity contribution in [3.63, 3.8) is 0 Å². The van der Waals surface area contributed by atoms with Crippen LogP contribution in [0.3, 0.4) is 0 Å². The second-order valence-corrected chi connectivity index (χ2v) is 9.31. The van der Waals surface area contributed by atoms with Gasteiger partial charge in [-0.05, 0) is 34.9 Å². The number of aromatic nitrogens is 4. The topological polar surface area (TPSA) is 43.6 Å². The molecule has 3 aromatic heterocycles. The van der Waals surface area contributed by atoms with Crippen LogP contribution < -0.4 is 0 Å². The Morgan fingerprint density at radius 3 is 2.14 bits per heavy atom. The van der Waals surface area contributed by atoms with Gasteiger partial charge in [0.1, 0.15) is 0 Å². The summed E-state index contributed by atoms with van der Waals surface area (Å²) in [6.07, 6.45) is 4.03. The SMILES string of the molecule is c1ccc(-c2nc(-n3cc4c5c(cccc53)-c3ccccc3-c3cccnc3-4)nc3ccccc23)cc1. The lowest BCUT2D eigenvalue weighted by molar-refractivity contribution is 0.984. The van der Waals surface area contributed by atoms with Crippen molar-refractivity contribution in [1.29, 1.82) is 0 Å². The van der Waals surface area contributed by atoms with E-state index in [0.29, 0.717) is 5.95 Å². The summed E-state index contributed by atoms with van der Waals surface area (Å²) in [5.41, 5.74) is 10.8. The molecule has 4 nitrogen and oxygen atoms in total. The Labute approximate surface area is 213 Å². The number of nitrogens with zero attached hydrogens (tertiary/aromatic N) is 4. The second-order valence-electron chi connectivity index (χ2n) is 9.31. The number of fused-ring (bicyclic) bond motifs is 6. The van der Waals surface area contributed by atoms with Crippen molar-refractivity contribution >= 4 is 21.8 Å². The van der Waals surface area contributed by atoms with E-state index in [2.05, 4.69) is 83.6 Å². The van der Waals surface area contributed by atoms with Gasteiger partial charge in [0.2, 0.25) is 5.95 Å². The molecule has 0 spiro atoms. The zero-order valence-electron chi connectivity index (χ0n) is 19.8. The number of benzene rings is 4. The smallest absolute Gasteiger partial charge is 0.235 e. The highest BCUT2D eigenvalue weighted by Gasteiger charge is 2.25. The molecule has 0 unspecified atom stereocenters. The third-order valence-corrected chi connectivity index (χ3v) is 7.25. The van der Waals surface area contributed by atoms with Crippen LogP contribution in [0.25, 0.3) is 72.5 Å². The highest BCUT2D eigenvalue weighted by Crippen LogP contribution is 2.47. The first-order chi connectivity index (χ1) is 18.4. The molecule has 1 aliphatic rings. The van der Waals surface area contributed by atoms with Gasteiger partial charge in [-0.15, -0.1) is 0 Å². The minimum atomic E-state index is 0.650. The summed E-state index contributed by atoms with van der Waals surface area (Å²) in [4.78, 5) is 15.0. The molecule has 0 radical (unpaired) electrons. The van der Waals surface area contributed by atoms with Crippen LogP contribution in [0, 0.1) is 0 Å². The van der Waals surface area contributed by atoms with E-state index in [9.17, 15) is 0 Å². The Kier molecular flexibility index (Phi) is 4.19. The fraction of sp³-hybridized carbons (Fsp3) is 0. The normalized spacial score (nSPS) is 11.8. The van der Waals surface area contributed by atoms with Crippen molar-refractivity contribution in [3.8, 4) is 50.7 Å². The number of pyridine rings is 1. The van der Waals surface area contributed by atoms with Gasteiger partial charge in [0.25, 0.3) is 0 Å². The first kappa shape index (κ1) is 20.1. The predicted molar refractivity (Wildman–Crippen MR) is 149 cm³/mol. The van der Waals surface area contributed by atoms with Crippen LogP contribution in [0.15, 0.2) is 122 Å². The van der Waals surface area contributed by atoms with E-state index >= 15 is 0 Å². The molecule has 3 heterocycles. The maximum absolute atomic E-state index is 5.14. The molecule has 0 saturated heterocycles. The zero-order valence-corrected chi connectivity index (χ0v) is 19.8. The van der Waals surface area contributed by atoms with Crippen molar-refractivity contribution < 1.29 is 0 Å². The predicted octanol–water partition coefficient (Wildman–Crippen LogP) is 7.95. The van der Waals surface area contributed by atoms with Crippen LogP contribution in [-0.4, -0.2) is 19.5 Å². The van der Waals surface area contributed by atoms with Crippen LogP contribution in [0.5, 0.6) is 0 Å². The van der Waals surface area contributed by atoms with Crippen LogP contribution >= 0.6 is 0 Å². The van der Waals surface area contributed by atoms with Crippen LogP contribution in [-0.2, 0) is 0 Å². The third kappa shape index (κ3) is 2.93. The van der Waals surface area contributed by atoms with Gasteiger partial charge in [0.15, 0.2) is 0 Å². The van der Waals surface area contributed by atoms with Gasteiger partial charge in [-0.2, -0.15) is 0 Å². The van der Waals surface area contributed by atoms with Crippen LogP contribution in [0.2, 0.25) is 0 Å². The average molecular weight is 473 g/mol. The van der Waals surface area contributed by atoms with E-state index in [1.54, 1.807) is 0 Å². The fourth-order valence-electron chi connectivity index (χ4n) is 5.63. The average Bonchev–Trinajstić information content (AvgIpc) is 3.32. The quantitative estimate of drug-likeness (QED) is 0.256.